The van der Waals surface area contributed by atoms with Crippen molar-refractivity contribution >= 4 is 46.8 Å². The highest BCUT2D eigenvalue weighted by atomic mass is 35.5. The quantitative estimate of drug-likeness (QED) is 0.461. The van der Waals surface area contributed by atoms with Gasteiger partial charge >= 0.3 is 11.9 Å². The Morgan fingerprint density at radius 2 is 1.83 bits per heavy atom. The van der Waals surface area contributed by atoms with Crippen LogP contribution in [0.1, 0.15) is 39.5 Å². The lowest BCUT2D eigenvalue weighted by molar-refractivity contribution is -0.152. The molecule has 1 fully saturated rings. The maximum atomic E-state index is 13.3. The summed E-state index contributed by atoms with van der Waals surface area (Å²) in [7, 11) is 1.36. The molecule has 2 rings (SSSR count). The summed E-state index contributed by atoms with van der Waals surface area (Å²) in [6.45, 7) is 3.59. The number of hydrogen-bond donors (Lipinski definition) is 0. The lowest BCUT2D eigenvalue weighted by Crippen LogP contribution is -2.47. The Hall–Kier alpha value is -1.86. The van der Waals surface area contributed by atoms with Gasteiger partial charge in [-0.2, -0.15) is 0 Å². The van der Waals surface area contributed by atoms with Crippen LogP contribution in [0, 0.1) is 11.3 Å². The summed E-state index contributed by atoms with van der Waals surface area (Å²) in [5, 5.41) is 0.511. The zero-order chi connectivity index (χ0) is 21.8. The number of hydrogen-bond acceptors (Lipinski definition) is 6. The molecule has 7 nitrogen and oxygen atoms in total. The molecule has 29 heavy (non-hydrogen) atoms. The molecular weight excluding hydrogens is 421 g/mol. The number of Topliss-reactive ketones (excluding diaryl/α,β-unsaturated/α-hetero) is 1. The number of methoxy groups -OCH3 is 1. The summed E-state index contributed by atoms with van der Waals surface area (Å²) in [5.41, 5.74) is -0.710. The van der Waals surface area contributed by atoms with E-state index < -0.39 is 17.2 Å². The second-order valence-corrected chi connectivity index (χ2v) is 8.31. The van der Waals surface area contributed by atoms with Gasteiger partial charge in [0.25, 0.3) is 0 Å². The normalized spacial score (nSPS) is 22.8. The number of esters is 2. The Kier molecular flexibility index (Phi) is 7.88. The van der Waals surface area contributed by atoms with Gasteiger partial charge in [0.1, 0.15) is 6.61 Å². The van der Waals surface area contributed by atoms with E-state index >= 15 is 0 Å². The van der Waals surface area contributed by atoms with Crippen LogP contribution in [0.3, 0.4) is 0 Å². The van der Waals surface area contributed by atoms with Crippen LogP contribution >= 0.6 is 23.2 Å². The summed E-state index contributed by atoms with van der Waals surface area (Å²) in [6.07, 6.45) is 3.75. The molecule has 0 spiro atoms. The first kappa shape index (κ1) is 23.4. The lowest BCUT2D eigenvalue weighted by Gasteiger charge is -2.39. The highest BCUT2D eigenvalue weighted by Crippen LogP contribution is 2.45. The monoisotopic (exact) mass is 445 g/mol. The molecule has 1 aliphatic heterocycles. The predicted octanol–water partition coefficient (Wildman–Crippen LogP) is 2.95. The van der Waals surface area contributed by atoms with Gasteiger partial charge in [-0.3, -0.25) is 14.4 Å². The van der Waals surface area contributed by atoms with E-state index in [1.54, 1.807) is 17.9 Å². The Morgan fingerprint density at radius 1 is 1.21 bits per heavy atom. The van der Waals surface area contributed by atoms with Crippen molar-refractivity contribution in [2.75, 3.05) is 26.8 Å². The Balaban J connectivity index is 2.10. The molecule has 1 unspecified atom stereocenters. The summed E-state index contributed by atoms with van der Waals surface area (Å²) in [6, 6.07) is 0. The van der Waals surface area contributed by atoms with Crippen molar-refractivity contribution < 1.29 is 28.7 Å². The van der Waals surface area contributed by atoms with E-state index in [1.165, 1.54) is 7.11 Å². The molecule has 0 aromatic rings. The average Bonchev–Trinajstić information content (AvgIpc) is 2.70. The zero-order valence-electron chi connectivity index (χ0n) is 16.8. The topological polar surface area (TPSA) is 90.0 Å². The number of likely N-dealkylation sites (tertiary alicyclic amines) is 1. The van der Waals surface area contributed by atoms with Gasteiger partial charge in [0, 0.05) is 42.1 Å². The molecule has 1 aliphatic carbocycles. The first-order valence-electron chi connectivity index (χ1n) is 9.39. The fourth-order valence-corrected chi connectivity index (χ4v) is 4.09. The molecule has 1 amide bonds. The van der Waals surface area contributed by atoms with Crippen LogP contribution in [0.2, 0.25) is 0 Å². The first-order valence-corrected chi connectivity index (χ1v) is 10.1. The van der Waals surface area contributed by atoms with E-state index in [0.29, 0.717) is 49.4 Å². The van der Waals surface area contributed by atoms with Crippen molar-refractivity contribution in [1.29, 1.82) is 0 Å². The van der Waals surface area contributed by atoms with Crippen molar-refractivity contribution in [3.05, 3.63) is 21.7 Å². The maximum Gasteiger partial charge on any atom is 0.374 e. The van der Waals surface area contributed by atoms with Crippen molar-refractivity contribution in [3.8, 4) is 0 Å². The number of carbonyl (C=O) groups excluding carboxylic acids is 4. The van der Waals surface area contributed by atoms with Gasteiger partial charge in [-0.05, 0) is 32.1 Å². The van der Waals surface area contributed by atoms with Gasteiger partial charge in [-0.1, -0.05) is 29.3 Å². The molecule has 0 N–H and O–H groups in total. The van der Waals surface area contributed by atoms with E-state index in [9.17, 15) is 19.2 Å². The minimum absolute atomic E-state index is 0.144. The van der Waals surface area contributed by atoms with E-state index in [2.05, 4.69) is 0 Å². The van der Waals surface area contributed by atoms with Gasteiger partial charge in [0.15, 0.2) is 0 Å². The molecule has 0 aromatic heterocycles. The van der Waals surface area contributed by atoms with Crippen LogP contribution in [0.25, 0.3) is 0 Å². The SMILES string of the molecule is COC(=O)CC1CCN(C(=O)C2(C)CC=C(Cl)C(COC(=O)C(C)=O)=C2Cl)CC1. The van der Waals surface area contributed by atoms with Gasteiger partial charge in [0.05, 0.1) is 12.5 Å². The molecule has 0 radical (unpaired) electrons. The van der Waals surface area contributed by atoms with Crippen LogP contribution < -0.4 is 0 Å². The number of ketones is 1. The smallest absolute Gasteiger partial charge is 0.374 e. The number of carbonyl (C=O) groups is 4. The average molecular weight is 446 g/mol. The fraction of sp³-hybridized carbons (Fsp3) is 0.600. The standard InChI is InChI=1S/C20H25Cl2NO6/c1-12(24)18(26)29-11-14-15(21)4-7-20(2,17(14)22)19(27)23-8-5-13(6-9-23)10-16(25)28-3/h4,13H,5-11H2,1-3H3. The van der Waals surface area contributed by atoms with Crippen molar-refractivity contribution in [2.45, 2.75) is 39.5 Å². The van der Waals surface area contributed by atoms with Crippen LogP contribution in [0.5, 0.6) is 0 Å². The number of piperidine rings is 1. The fourth-order valence-electron chi connectivity index (χ4n) is 3.51. The number of amides is 1. The van der Waals surface area contributed by atoms with Crippen LogP contribution in [0.15, 0.2) is 21.7 Å². The van der Waals surface area contributed by atoms with Crippen LogP contribution in [-0.4, -0.2) is 55.3 Å². The van der Waals surface area contributed by atoms with Crippen molar-refractivity contribution in [1.82, 2.24) is 4.90 Å². The third kappa shape index (κ3) is 5.39. The summed E-state index contributed by atoms with van der Waals surface area (Å²) < 4.78 is 9.65. The lowest BCUT2D eigenvalue weighted by atomic mass is 9.78. The molecule has 2 aliphatic rings. The number of rotatable bonds is 6. The molecule has 0 aromatic carbocycles. The van der Waals surface area contributed by atoms with Crippen LogP contribution in [0.4, 0.5) is 0 Å². The van der Waals surface area contributed by atoms with Crippen molar-refractivity contribution in [2.24, 2.45) is 11.3 Å². The highest BCUT2D eigenvalue weighted by Gasteiger charge is 2.43. The molecule has 0 bridgehead atoms. The van der Waals surface area contributed by atoms with E-state index in [1.807, 2.05) is 0 Å². The van der Waals surface area contributed by atoms with Gasteiger partial charge < -0.3 is 14.4 Å². The largest absolute Gasteiger partial charge is 0.469 e. The summed E-state index contributed by atoms with van der Waals surface area (Å²) >= 11 is 12.8. The molecule has 1 heterocycles. The third-order valence-corrected chi connectivity index (χ3v) is 6.45. The summed E-state index contributed by atoms with van der Waals surface area (Å²) in [5.74, 6) is -1.92. The molecule has 0 saturated carbocycles. The van der Waals surface area contributed by atoms with Gasteiger partial charge in [0.2, 0.25) is 11.7 Å². The van der Waals surface area contributed by atoms with Crippen molar-refractivity contribution in [3.63, 3.8) is 0 Å². The maximum absolute atomic E-state index is 13.3. The number of ether oxygens (including phenoxy) is 2. The molecule has 160 valence electrons. The highest BCUT2D eigenvalue weighted by molar-refractivity contribution is 6.37. The van der Waals surface area contributed by atoms with E-state index in [-0.39, 0.29) is 29.4 Å². The minimum Gasteiger partial charge on any atom is -0.469 e. The zero-order valence-corrected chi connectivity index (χ0v) is 18.3. The van der Waals surface area contributed by atoms with E-state index in [4.69, 9.17) is 32.7 Å². The first-order chi connectivity index (χ1) is 13.6. The third-order valence-electron chi connectivity index (χ3n) is 5.42. The molecule has 1 atom stereocenters. The summed E-state index contributed by atoms with van der Waals surface area (Å²) in [4.78, 5) is 49.0. The minimum atomic E-state index is -1.03. The van der Waals surface area contributed by atoms with Gasteiger partial charge in [-0.15, -0.1) is 0 Å². The second kappa shape index (κ2) is 9.76. The van der Waals surface area contributed by atoms with Gasteiger partial charge in [-0.25, -0.2) is 4.79 Å². The molecule has 9 heteroatoms. The Morgan fingerprint density at radius 3 is 2.38 bits per heavy atom. The second-order valence-electron chi connectivity index (χ2n) is 7.53. The van der Waals surface area contributed by atoms with E-state index in [0.717, 1.165) is 6.92 Å². The predicted molar refractivity (Wildman–Crippen MR) is 107 cm³/mol. The van der Waals surface area contributed by atoms with Crippen LogP contribution in [-0.2, 0) is 28.7 Å². The molecular formula is C20H25Cl2NO6. The number of nitrogens with zero attached hydrogens (tertiary/aromatic N) is 1. The number of halogens is 2. The Bertz CT molecular complexity index is 767. The molecule has 1 saturated heterocycles. The Labute approximate surface area is 180 Å². The number of allylic oxidation sites excluding steroid dienone is 1.